The number of hydrogen-bond acceptors (Lipinski definition) is 3. The minimum atomic E-state index is -0.369. The van der Waals surface area contributed by atoms with E-state index in [-0.39, 0.29) is 17.8 Å². The molecule has 2 unspecified atom stereocenters. The third kappa shape index (κ3) is 3.43. The molecule has 1 aliphatic carbocycles. The minimum absolute atomic E-state index is 0.0343. The maximum Gasteiger partial charge on any atom is 0.357 e. The van der Waals surface area contributed by atoms with Gasteiger partial charge in [-0.1, -0.05) is 24.9 Å². The fraction of sp³-hybridized carbons (Fsp3) is 0.538. The van der Waals surface area contributed by atoms with Gasteiger partial charge in [0.05, 0.1) is 0 Å². The molecule has 92 valence electrons. The summed E-state index contributed by atoms with van der Waals surface area (Å²) in [6.45, 7) is 2.19. The minimum Gasteiger partial charge on any atom is -0.458 e. The predicted molar refractivity (Wildman–Crippen MR) is 66.1 cm³/mol. The lowest BCUT2D eigenvalue weighted by atomic mass is 9.89. The van der Waals surface area contributed by atoms with E-state index in [0.717, 1.165) is 19.3 Å². The summed E-state index contributed by atoms with van der Waals surface area (Å²) in [6, 6.07) is 3.18. The Morgan fingerprint density at radius 3 is 3.06 bits per heavy atom. The highest BCUT2D eigenvalue weighted by molar-refractivity contribution is 6.30. The second-order valence-electron chi connectivity index (χ2n) is 4.66. The van der Waals surface area contributed by atoms with E-state index in [4.69, 9.17) is 16.3 Å². The number of esters is 1. The lowest BCUT2D eigenvalue weighted by Gasteiger charge is -2.26. The summed E-state index contributed by atoms with van der Waals surface area (Å²) >= 11 is 5.81. The molecule has 1 saturated carbocycles. The Morgan fingerprint density at radius 2 is 2.35 bits per heavy atom. The summed E-state index contributed by atoms with van der Waals surface area (Å²) in [5, 5.41) is 0.504. The Balaban J connectivity index is 1.97. The summed E-state index contributed by atoms with van der Waals surface area (Å²) < 4.78 is 5.44. The maximum absolute atomic E-state index is 11.8. The van der Waals surface area contributed by atoms with Crippen LogP contribution in [-0.2, 0) is 4.74 Å². The van der Waals surface area contributed by atoms with Gasteiger partial charge < -0.3 is 4.74 Å². The highest BCUT2D eigenvalue weighted by Crippen LogP contribution is 2.26. The van der Waals surface area contributed by atoms with Gasteiger partial charge in [-0.15, -0.1) is 0 Å². The number of ether oxygens (including phenoxy) is 1. The molecule has 0 amide bonds. The van der Waals surface area contributed by atoms with Crippen LogP contribution in [0.2, 0.25) is 5.02 Å². The Labute approximate surface area is 106 Å². The molecule has 2 rings (SSSR count). The van der Waals surface area contributed by atoms with Crippen LogP contribution in [0.1, 0.15) is 43.1 Å². The number of carbonyl (C=O) groups excluding carboxylic acids is 1. The molecule has 1 aliphatic rings. The van der Waals surface area contributed by atoms with Gasteiger partial charge in [0.25, 0.3) is 0 Å². The lowest BCUT2D eigenvalue weighted by Crippen LogP contribution is -2.24. The van der Waals surface area contributed by atoms with E-state index in [2.05, 4.69) is 11.9 Å². The summed E-state index contributed by atoms with van der Waals surface area (Å²) in [5.41, 5.74) is 0.288. The van der Waals surface area contributed by atoms with Crippen LogP contribution in [0.15, 0.2) is 18.3 Å². The molecule has 0 bridgehead atoms. The molecule has 0 N–H and O–H groups in total. The second kappa shape index (κ2) is 5.50. The van der Waals surface area contributed by atoms with Crippen LogP contribution < -0.4 is 0 Å². The third-order valence-electron chi connectivity index (χ3n) is 3.09. The molecule has 17 heavy (non-hydrogen) atoms. The molecule has 1 aromatic rings. The monoisotopic (exact) mass is 253 g/mol. The fourth-order valence-electron chi connectivity index (χ4n) is 2.21. The first-order chi connectivity index (χ1) is 8.15. The van der Waals surface area contributed by atoms with E-state index in [0.29, 0.717) is 10.9 Å². The van der Waals surface area contributed by atoms with E-state index in [9.17, 15) is 4.79 Å². The van der Waals surface area contributed by atoms with Crippen molar-refractivity contribution in [3.63, 3.8) is 0 Å². The zero-order valence-electron chi connectivity index (χ0n) is 9.86. The smallest absolute Gasteiger partial charge is 0.357 e. The number of pyridine rings is 1. The van der Waals surface area contributed by atoms with Crippen LogP contribution in [0.4, 0.5) is 0 Å². The van der Waals surface area contributed by atoms with Crippen LogP contribution >= 0.6 is 11.6 Å². The van der Waals surface area contributed by atoms with Gasteiger partial charge in [0.15, 0.2) is 0 Å². The molecule has 3 nitrogen and oxygen atoms in total. The standard InChI is InChI=1S/C13H16ClNO2/c1-9-3-2-4-11(7-9)17-13(16)12-8-10(14)5-6-15-12/h5-6,8-9,11H,2-4,7H2,1H3. The summed E-state index contributed by atoms with van der Waals surface area (Å²) in [6.07, 6.45) is 5.81. The van der Waals surface area contributed by atoms with Crippen LogP contribution in [0.25, 0.3) is 0 Å². The zero-order chi connectivity index (χ0) is 12.3. The van der Waals surface area contributed by atoms with Crippen molar-refractivity contribution in [2.24, 2.45) is 5.92 Å². The van der Waals surface area contributed by atoms with Crippen molar-refractivity contribution < 1.29 is 9.53 Å². The van der Waals surface area contributed by atoms with E-state index < -0.39 is 0 Å². The topological polar surface area (TPSA) is 39.2 Å². The summed E-state index contributed by atoms with van der Waals surface area (Å²) in [5.74, 6) is 0.264. The molecular weight excluding hydrogens is 238 g/mol. The van der Waals surface area contributed by atoms with Crippen LogP contribution in [0, 0.1) is 5.92 Å². The first-order valence-corrected chi connectivity index (χ1v) is 6.35. The molecule has 0 radical (unpaired) electrons. The van der Waals surface area contributed by atoms with Gasteiger partial charge in [0, 0.05) is 11.2 Å². The zero-order valence-corrected chi connectivity index (χ0v) is 10.6. The summed E-state index contributed by atoms with van der Waals surface area (Å²) in [4.78, 5) is 15.8. The molecule has 2 atom stereocenters. The average molecular weight is 254 g/mol. The first kappa shape index (κ1) is 12.4. The highest BCUT2D eigenvalue weighted by Gasteiger charge is 2.23. The second-order valence-corrected chi connectivity index (χ2v) is 5.09. The van der Waals surface area contributed by atoms with Crippen molar-refractivity contribution in [3.05, 3.63) is 29.0 Å². The Hall–Kier alpha value is -1.09. The van der Waals surface area contributed by atoms with Gasteiger partial charge >= 0.3 is 5.97 Å². The number of nitrogens with zero attached hydrogens (tertiary/aromatic N) is 1. The number of halogens is 1. The molecular formula is C13H16ClNO2. The van der Waals surface area contributed by atoms with Gasteiger partial charge in [-0.25, -0.2) is 9.78 Å². The lowest BCUT2D eigenvalue weighted by molar-refractivity contribution is 0.0149. The summed E-state index contributed by atoms with van der Waals surface area (Å²) in [7, 11) is 0. The largest absolute Gasteiger partial charge is 0.458 e. The van der Waals surface area contributed by atoms with Gasteiger partial charge in [-0.3, -0.25) is 0 Å². The number of carbonyl (C=O) groups is 1. The van der Waals surface area contributed by atoms with Gasteiger partial charge in [0.1, 0.15) is 11.8 Å². The Kier molecular flexibility index (Phi) is 4.00. The van der Waals surface area contributed by atoms with E-state index >= 15 is 0 Å². The molecule has 1 fully saturated rings. The van der Waals surface area contributed by atoms with Crippen molar-refractivity contribution in [2.45, 2.75) is 38.7 Å². The van der Waals surface area contributed by atoms with Crippen LogP contribution in [-0.4, -0.2) is 17.1 Å². The van der Waals surface area contributed by atoms with Crippen molar-refractivity contribution in [2.75, 3.05) is 0 Å². The molecule has 1 aromatic heterocycles. The molecule has 1 heterocycles. The van der Waals surface area contributed by atoms with Gasteiger partial charge in [0.2, 0.25) is 0 Å². The van der Waals surface area contributed by atoms with Gasteiger partial charge in [-0.05, 0) is 37.3 Å². The highest BCUT2D eigenvalue weighted by atomic mass is 35.5. The van der Waals surface area contributed by atoms with Gasteiger partial charge in [-0.2, -0.15) is 0 Å². The molecule has 0 aliphatic heterocycles. The van der Waals surface area contributed by atoms with E-state index in [1.54, 1.807) is 6.07 Å². The van der Waals surface area contributed by atoms with Crippen molar-refractivity contribution >= 4 is 17.6 Å². The van der Waals surface area contributed by atoms with Crippen molar-refractivity contribution in [3.8, 4) is 0 Å². The van der Waals surface area contributed by atoms with E-state index in [1.165, 1.54) is 18.7 Å². The van der Waals surface area contributed by atoms with E-state index in [1.807, 2.05) is 0 Å². The number of rotatable bonds is 2. The maximum atomic E-state index is 11.8. The first-order valence-electron chi connectivity index (χ1n) is 5.97. The van der Waals surface area contributed by atoms with Crippen molar-refractivity contribution in [1.82, 2.24) is 4.98 Å². The number of aromatic nitrogens is 1. The van der Waals surface area contributed by atoms with Crippen LogP contribution in [0.5, 0.6) is 0 Å². The molecule has 0 spiro atoms. The Bertz CT molecular complexity index is 408. The molecule has 0 aromatic carbocycles. The average Bonchev–Trinajstić information content (AvgIpc) is 2.29. The third-order valence-corrected chi connectivity index (χ3v) is 3.33. The Morgan fingerprint density at radius 1 is 1.53 bits per heavy atom. The molecule has 4 heteroatoms. The SMILES string of the molecule is CC1CCCC(OC(=O)c2cc(Cl)ccn2)C1. The fourth-order valence-corrected chi connectivity index (χ4v) is 2.37. The molecule has 0 saturated heterocycles. The number of hydrogen-bond donors (Lipinski definition) is 0. The normalized spacial score (nSPS) is 24.4. The quantitative estimate of drug-likeness (QED) is 0.758. The predicted octanol–water partition coefficient (Wildman–Crippen LogP) is 3.47. The van der Waals surface area contributed by atoms with Crippen LogP contribution in [0.3, 0.4) is 0 Å². The van der Waals surface area contributed by atoms with Crippen molar-refractivity contribution in [1.29, 1.82) is 0 Å².